The average Bonchev–Trinajstić information content (AvgIpc) is 3.24. The Labute approximate surface area is 194 Å². The fourth-order valence-corrected chi connectivity index (χ4v) is 6.36. The van der Waals surface area contributed by atoms with Gasteiger partial charge in [0.1, 0.15) is 12.6 Å². The van der Waals surface area contributed by atoms with Crippen LogP contribution in [0.5, 0.6) is 0 Å². The topological polar surface area (TPSA) is 56.4 Å². The predicted molar refractivity (Wildman–Crippen MR) is 129 cm³/mol. The largest absolute Gasteiger partial charge is 0.356 e. The van der Waals surface area contributed by atoms with Crippen molar-refractivity contribution in [3.63, 3.8) is 0 Å². The third kappa shape index (κ3) is 3.54. The minimum absolute atomic E-state index is 0.101. The number of para-hydroxylation sites is 1. The van der Waals surface area contributed by atoms with Crippen molar-refractivity contribution >= 4 is 22.7 Å². The molecule has 3 heterocycles. The first kappa shape index (κ1) is 20.5. The molecule has 1 aromatic heterocycles. The van der Waals surface area contributed by atoms with Gasteiger partial charge in [-0.15, -0.1) is 0 Å². The molecule has 0 bridgehead atoms. The lowest BCUT2D eigenvalue weighted by molar-refractivity contribution is -0.162. The van der Waals surface area contributed by atoms with E-state index in [2.05, 4.69) is 47.4 Å². The van der Waals surface area contributed by atoms with Gasteiger partial charge in [0.2, 0.25) is 11.8 Å². The van der Waals surface area contributed by atoms with Gasteiger partial charge >= 0.3 is 0 Å². The number of aromatic amines is 1. The summed E-state index contributed by atoms with van der Waals surface area (Å²) < 4.78 is 0. The molecule has 1 N–H and O–H groups in total. The van der Waals surface area contributed by atoms with E-state index in [1.807, 2.05) is 21.9 Å². The van der Waals surface area contributed by atoms with E-state index in [1.54, 1.807) is 0 Å². The summed E-state index contributed by atoms with van der Waals surface area (Å²) in [5.41, 5.74) is 4.69. The van der Waals surface area contributed by atoms with Crippen LogP contribution in [0.3, 0.4) is 0 Å². The maximum Gasteiger partial charge on any atom is 0.246 e. The number of rotatable bonds is 4. The van der Waals surface area contributed by atoms with E-state index in [-0.39, 0.29) is 36.5 Å². The third-order valence-electron chi connectivity index (χ3n) is 7.98. The van der Waals surface area contributed by atoms with Crippen LogP contribution in [0.4, 0.5) is 0 Å². The molecule has 2 aliphatic heterocycles. The number of aromatic nitrogens is 1. The highest BCUT2D eigenvalue weighted by Gasteiger charge is 2.48. The minimum Gasteiger partial charge on any atom is -0.356 e. The molecule has 0 spiro atoms. The molecule has 2 fully saturated rings. The number of nitrogens with one attached hydrogen (secondary N) is 1. The fourth-order valence-electron chi connectivity index (χ4n) is 6.36. The molecule has 5 nitrogen and oxygen atoms in total. The van der Waals surface area contributed by atoms with Crippen molar-refractivity contribution in [1.29, 1.82) is 0 Å². The first-order valence-corrected chi connectivity index (χ1v) is 12.5. The second kappa shape index (κ2) is 8.36. The Morgan fingerprint density at radius 2 is 1.67 bits per heavy atom. The van der Waals surface area contributed by atoms with Gasteiger partial charge in [-0.25, -0.2) is 0 Å². The number of aryl methyl sites for hydroxylation is 1. The normalized spacial score (nSPS) is 23.6. The van der Waals surface area contributed by atoms with Crippen LogP contribution in [0, 0.1) is 0 Å². The first-order chi connectivity index (χ1) is 16.2. The Balaban J connectivity index is 1.38. The molecule has 0 unspecified atom stereocenters. The number of nitrogens with zero attached hydrogens (tertiary/aromatic N) is 2. The minimum atomic E-state index is -0.388. The second-order valence-electron chi connectivity index (χ2n) is 9.88. The molecule has 170 valence electrons. The zero-order valence-electron chi connectivity index (χ0n) is 19.0. The summed E-state index contributed by atoms with van der Waals surface area (Å²) >= 11 is 0. The second-order valence-corrected chi connectivity index (χ2v) is 9.88. The Hall–Kier alpha value is -3.08. The molecule has 2 atom stereocenters. The lowest BCUT2D eigenvalue weighted by atomic mass is 9.85. The van der Waals surface area contributed by atoms with Crippen LogP contribution in [0.1, 0.15) is 61.4 Å². The predicted octanol–water partition coefficient (Wildman–Crippen LogP) is 4.77. The number of carbonyl (C=O) groups excluding carboxylic acids is 2. The highest BCUT2D eigenvalue weighted by Crippen LogP contribution is 2.42. The molecule has 1 saturated heterocycles. The summed E-state index contributed by atoms with van der Waals surface area (Å²) in [7, 11) is 0. The van der Waals surface area contributed by atoms with E-state index in [4.69, 9.17) is 0 Å². The standard InChI is InChI=1S/C28H31N3O2/c32-26-18-30(20-11-5-2-6-12-20)28(33)25-17-22-21-13-7-8-14-23(21)29-27(22)24(31(25)26)16-15-19-9-3-1-4-10-19/h1,3-4,7-10,13-14,20,24-25,29H,2,5-6,11-12,15-18H2/t24-,25-/m0/s1. The van der Waals surface area contributed by atoms with Gasteiger partial charge in [-0.2, -0.15) is 0 Å². The molecule has 2 amide bonds. The fraction of sp³-hybridized carbons (Fsp3) is 0.429. The third-order valence-corrected chi connectivity index (χ3v) is 7.98. The Morgan fingerprint density at radius 1 is 0.909 bits per heavy atom. The summed E-state index contributed by atoms with van der Waals surface area (Å²) in [4.78, 5) is 34.9. The number of hydrogen-bond donors (Lipinski definition) is 1. The Kier molecular flexibility index (Phi) is 5.20. The number of carbonyl (C=O) groups is 2. The van der Waals surface area contributed by atoms with Gasteiger partial charge < -0.3 is 14.8 Å². The molecular weight excluding hydrogens is 410 g/mol. The van der Waals surface area contributed by atoms with Crippen LogP contribution >= 0.6 is 0 Å². The summed E-state index contributed by atoms with van der Waals surface area (Å²) in [6.07, 6.45) is 7.90. The van der Waals surface area contributed by atoms with Crippen LogP contribution in [0.25, 0.3) is 10.9 Å². The number of benzene rings is 2. The van der Waals surface area contributed by atoms with Gasteiger partial charge in [-0.3, -0.25) is 9.59 Å². The molecule has 33 heavy (non-hydrogen) atoms. The van der Waals surface area contributed by atoms with E-state index in [1.165, 1.54) is 22.9 Å². The van der Waals surface area contributed by atoms with Crippen molar-refractivity contribution in [3.05, 3.63) is 71.4 Å². The number of amides is 2. The van der Waals surface area contributed by atoms with E-state index in [0.29, 0.717) is 6.42 Å². The van der Waals surface area contributed by atoms with Crippen LogP contribution < -0.4 is 0 Å². The first-order valence-electron chi connectivity index (χ1n) is 12.5. The van der Waals surface area contributed by atoms with E-state index in [0.717, 1.165) is 49.7 Å². The van der Waals surface area contributed by atoms with E-state index in [9.17, 15) is 9.59 Å². The van der Waals surface area contributed by atoms with Crippen LogP contribution in [0.15, 0.2) is 54.6 Å². The van der Waals surface area contributed by atoms with Crippen molar-refractivity contribution in [2.45, 2.75) is 69.5 Å². The highest BCUT2D eigenvalue weighted by molar-refractivity contribution is 5.97. The van der Waals surface area contributed by atoms with Gasteiger partial charge in [0.05, 0.1) is 6.04 Å². The Morgan fingerprint density at radius 3 is 2.48 bits per heavy atom. The number of hydrogen-bond acceptors (Lipinski definition) is 2. The molecule has 6 rings (SSSR count). The SMILES string of the molecule is O=C1[C@@H]2Cc3c([nH]c4ccccc34)[C@H](CCc3ccccc3)N2C(=O)CN1C1CCCCC1. The van der Waals surface area contributed by atoms with E-state index >= 15 is 0 Å². The number of fused-ring (bicyclic) bond motifs is 4. The average molecular weight is 442 g/mol. The highest BCUT2D eigenvalue weighted by atomic mass is 16.2. The summed E-state index contributed by atoms with van der Waals surface area (Å²) in [5, 5.41) is 1.19. The molecule has 5 heteroatoms. The monoisotopic (exact) mass is 441 g/mol. The van der Waals surface area contributed by atoms with Gasteiger partial charge in [-0.1, -0.05) is 67.8 Å². The quantitative estimate of drug-likeness (QED) is 0.634. The molecule has 0 radical (unpaired) electrons. The van der Waals surface area contributed by atoms with Crippen LogP contribution in [0.2, 0.25) is 0 Å². The summed E-state index contributed by atoms with van der Waals surface area (Å²) in [5.74, 6) is 0.259. The van der Waals surface area contributed by atoms with E-state index < -0.39 is 0 Å². The maximum absolute atomic E-state index is 13.8. The number of H-pyrrole nitrogens is 1. The zero-order valence-corrected chi connectivity index (χ0v) is 19.0. The van der Waals surface area contributed by atoms with Gasteiger partial charge in [0.15, 0.2) is 0 Å². The van der Waals surface area contributed by atoms with Crippen LogP contribution in [-0.4, -0.2) is 45.2 Å². The zero-order chi connectivity index (χ0) is 22.4. The Bertz CT molecular complexity index is 1180. The van der Waals surface area contributed by atoms with Crippen LogP contribution in [-0.2, 0) is 22.4 Å². The van der Waals surface area contributed by atoms with Crippen molar-refractivity contribution < 1.29 is 9.59 Å². The lowest BCUT2D eigenvalue weighted by Crippen LogP contribution is -2.64. The molecular formula is C28H31N3O2. The summed E-state index contributed by atoms with van der Waals surface area (Å²) in [6.45, 7) is 0.234. The molecule has 2 aromatic carbocycles. The summed E-state index contributed by atoms with van der Waals surface area (Å²) in [6, 6.07) is 18.5. The van der Waals surface area contributed by atoms with Gasteiger partial charge in [-0.05, 0) is 42.9 Å². The molecule has 1 aliphatic carbocycles. The number of piperazine rings is 1. The molecule has 3 aliphatic rings. The smallest absolute Gasteiger partial charge is 0.246 e. The maximum atomic E-state index is 13.8. The molecule has 1 saturated carbocycles. The van der Waals surface area contributed by atoms with Crippen molar-refractivity contribution in [3.8, 4) is 0 Å². The molecule has 3 aromatic rings. The van der Waals surface area contributed by atoms with Crippen molar-refractivity contribution in [1.82, 2.24) is 14.8 Å². The van der Waals surface area contributed by atoms with Gasteiger partial charge in [0.25, 0.3) is 0 Å². The lowest BCUT2D eigenvalue weighted by Gasteiger charge is -2.49. The van der Waals surface area contributed by atoms with Crippen molar-refractivity contribution in [2.75, 3.05) is 6.54 Å². The van der Waals surface area contributed by atoms with Crippen molar-refractivity contribution in [2.24, 2.45) is 0 Å². The van der Waals surface area contributed by atoms with Gasteiger partial charge in [0, 0.05) is 29.1 Å².